The Morgan fingerprint density at radius 3 is 1.97 bits per heavy atom. The Kier molecular flexibility index (Phi) is 18.5. The molecule has 0 aromatic rings. The second kappa shape index (κ2) is 19.5. The fourth-order valence-corrected chi connectivity index (χ4v) is 4.91. The molecule has 0 spiro atoms. The first-order valence-corrected chi connectivity index (χ1v) is 14.3. The summed E-state index contributed by atoms with van der Waals surface area (Å²) in [5, 5.41) is 20.5. The molecule has 0 fully saturated rings. The van der Waals surface area contributed by atoms with Crippen molar-refractivity contribution >= 4 is 29.7 Å². The summed E-state index contributed by atoms with van der Waals surface area (Å²) in [6, 6.07) is -1.77. The Morgan fingerprint density at radius 2 is 1.46 bits per heavy atom. The van der Waals surface area contributed by atoms with E-state index in [2.05, 4.69) is 46.0 Å². The van der Waals surface area contributed by atoms with E-state index in [1.807, 2.05) is 0 Å². The van der Waals surface area contributed by atoms with Crippen LogP contribution in [0.1, 0.15) is 92.4 Å². The highest BCUT2D eigenvalue weighted by atomic mass is 32.2. The maximum atomic E-state index is 11.9. The number of amides is 2. The first kappa shape index (κ1) is 33.3. The van der Waals surface area contributed by atoms with Crippen LogP contribution in [0.4, 0.5) is 4.79 Å². The van der Waals surface area contributed by atoms with Gasteiger partial charge in [-0.1, -0.05) is 84.3 Å². The quantitative estimate of drug-likeness (QED) is 0.130. The lowest BCUT2D eigenvalue weighted by Gasteiger charge is -2.19. The highest BCUT2D eigenvalue weighted by molar-refractivity contribution is 7.99. The zero-order chi connectivity index (χ0) is 26.8. The minimum Gasteiger partial charge on any atom is -0.480 e. The summed E-state index contributed by atoms with van der Waals surface area (Å²) >= 11 is 1.44. The van der Waals surface area contributed by atoms with Crippen LogP contribution >= 0.6 is 11.8 Å². The number of carbonyl (C=O) groups excluding carboxylic acids is 1. The molecular weight excluding hydrogens is 464 g/mol. The Balaban J connectivity index is 4.08. The van der Waals surface area contributed by atoms with Crippen molar-refractivity contribution in [2.45, 2.75) is 98.4 Å². The van der Waals surface area contributed by atoms with E-state index in [1.165, 1.54) is 75.7 Å². The van der Waals surface area contributed by atoms with Gasteiger partial charge in [0.05, 0.1) is 0 Å². The van der Waals surface area contributed by atoms with Crippen molar-refractivity contribution in [1.29, 1.82) is 0 Å². The molecule has 0 aliphatic carbocycles. The average molecular weight is 515 g/mol. The number of carboxylic acids is 2. The van der Waals surface area contributed by atoms with E-state index in [1.54, 1.807) is 0 Å². The van der Waals surface area contributed by atoms with Crippen LogP contribution in [0.5, 0.6) is 0 Å². The van der Waals surface area contributed by atoms with E-state index in [0.717, 1.165) is 29.1 Å². The van der Waals surface area contributed by atoms with Crippen molar-refractivity contribution < 1.29 is 24.6 Å². The fraction of sp³-hybridized carbons (Fsp3) is 0.815. The molecule has 0 aliphatic rings. The van der Waals surface area contributed by atoms with Crippen molar-refractivity contribution in [2.24, 2.45) is 17.8 Å². The number of urea groups is 1. The molecule has 3 atom stereocenters. The summed E-state index contributed by atoms with van der Waals surface area (Å²) in [4.78, 5) is 35.0. The van der Waals surface area contributed by atoms with Gasteiger partial charge in [-0.05, 0) is 37.5 Å². The first-order chi connectivity index (χ1) is 16.4. The lowest BCUT2D eigenvalue weighted by molar-refractivity contribution is -0.138. The number of nitrogens with one attached hydrogen (secondary N) is 1. The van der Waals surface area contributed by atoms with Gasteiger partial charge in [-0.2, -0.15) is 11.8 Å². The summed E-state index contributed by atoms with van der Waals surface area (Å²) in [5.41, 5.74) is 1.31. The molecule has 7 nitrogen and oxygen atoms in total. The van der Waals surface area contributed by atoms with E-state index in [0.29, 0.717) is 5.75 Å². The summed E-state index contributed by atoms with van der Waals surface area (Å²) in [6.07, 6.45) is 13.6. The lowest BCUT2D eigenvalue weighted by atomic mass is 9.91. The highest BCUT2D eigenvalue weighted by Gasteiger charge is 2.22. The van der Waals surface area contributed by atoms with Crippen molar-refractivity contribution in [3.63, 3.8) is 0 Å². The zero-order valence-electron chi connectivity index (χ0n) is 22.8. The molecule has 35 heavy (non-hydrogen) atoms. The number of allylic oxidation sites excluding steroid dienone is 1. The van der Waals surface area contributed by atoms with Gasteiger partial charge < -0.3 is 20.4 Å². The average Bonchev–Trinajstić information content (AvgIpc) is 2.74. The molecule has 0 aromatic heterocycles. The van der Waals surface area contributed by atoms with Crippen LogP contribution in [0.3, 0.4) is 0 Å². The second-order valence-corrected chi connectivity index (χ2v) is 11.6. The molecular formula is C27H50N2O5S. The summed E-state index contributed by atoms with van der Waals surface area (Å²) < 4.78 is 0. The van der Waals surface area contributed by atoms with Crippen LogP contribution in [-0.4, -0.2) is 64.2 Å². The predicted octanol–water partition coefficient (Wildman–Crippen LogP) is 6.28. The van der Waals surface area contributed by atoms with Gasteiger partial charge in [0.25, 0.3) is 0 Å². The smallest absolute Gasteiger partial charge is 0.327 e. The molecule has 8 heteroatoms. The number of hydrogen-bond donors (Lipinski definition) is 3. The summed E-state index contributed by atoms with van der Waals surface area (Å²) in [7, 11) is 1.32. The number of nitrogens with zero attached hydrogens (tertiary/aromatic N) is 1. The number of aliphatic carboxylic acids is 2. The van der Waals surface area contributed by atoms with Crippen molar-refractivity contribution in [3.05, 3.63) is 11.6 Å². The number of hydrogen-bond acceptors (Lipinski definition) is 4. The standard InChI is InChI=1S/C27H50N2O5S/c1-20(2)10-7-11-21(3)12-8-13-22(4)14-9-15-23(5)16-17-35-19-24(26(32)33)28-27(34)29(6)18-25(30)31/h16,20-22,24H,7-15,17-19H2,1-6H3,(H,28,34)(H,30,31)(H,32,33)/b23-16+. The Bertz CT molecular complexity index is 653. The SMILES string of the molecule is C/C(=C\CSCC(NC(=O)N(C)CC(=O)O)C(=O)O)CCCC(C)CCCC(C)CCCC(C)C. The van der Waals surface area contributed by atoms with Crippen LogP contribution in [0.25, 0.3) is 0 Å². The van der Waals surface area contributed by atoms with E-state index < -0.39 is 30.6 Å². The maximum absolute atomic E-state index is 11.9. The van der Waals surface area contributed by atoms with Crippen LogP contribution in [-0.2, 0) is 9.59 Å². The molecule has 204 valence electrons. The lowest BCUT2D eigenvalue weighted by Crippen LogP contribution is -2.49. The Labute approximate surface area is 217 Å². The third-order valence-electron chi connectivity index (χ3n) is 6.29. The monoisotopic (exact) mass is 514 g/mol. The van der Waals surface area contributed by atoms with E-state index >= 15 is 0 Å². The van der Waals surface area contributed by atoms with Crippen LogP contribution < -0.4 is 5.32 Å². The maximum Gasteiger partial charge on any atom is 0.327 e. The molecule has 0 saturated heterocycles. The molecule has 0 radical (unpaired) electrons. The summed E-state index contributed by atoms with van der Waals surface area (Å²) in [5.74, 6) is 1.02. The van der Waals surface area contributed by atoms with Gasteiger partial charge in [0.1, 0.15) is 12.6 Å². The molecule has 0 aromatic carbocycles. The first-order valence-electron chi connectivity index (χ1n) is 13.1. The van der Waals surface area contributed by atoms with E-state index in [9.17, 15) is 19.5 Å². The predicted molar refractivity (Wildman–Crippen MR) is 146 cm³/mol. The third kappa shape index (κ3) is 19.2. The van der Waals surface area contributed by atoms with Crippen LogP contribution in [0.15, 0.2) is 11.6 Å². The van der Waals surface area contributed by atoms with E-state index in [-0.39, 0.29) is 5.75 Å². The Morgan fingerprint density at radius 1 is 0.914 bits per heavy atom. The number of likely N-dealkylation sites (N-methyl/N-ethyl adjacent to an activating group) is 1. The number of carboxylic acid groups (broad SMARTS) is 2. The molecule has 3 N–H and O–H groups in total. The molecule has 0 rings (SSSR count). The largest absolute Gasteiger partial charge is 0.480 e. The van der Waals surface area contributed by atoms with Gasteiger partial charge in [-0.15, -0.1) is 0 Å². The highest BCUT2D eigenvalue weighted by Crippen LogP contribution is 2.22. The van der Waals surface area contributed by atoms with E-state index in [4.69, 9.17) is 5.11 Å². The summed E-state index contributed by atoms with van der Waals surface area (Å²) in [6.45, 7) is 11.0. The van der Waals surface area contributed by atoms with Crippen LogP contribution in [0.2, 0.25) is 0 Å². The van der Waals surface area contributed by atoms with Crippen molar-refractivity contribution in [2.75, 3.05) is 25.1 Å². The molecule has 3 unspecified atom stereocenters. The zero-order valence-corrected chi connectivity index (χ0v) is 23.7. The molecule has 2 amide bonds. The molecule has 0 heterocycles. The number of thioether (sulfide) groups is 1. The van der Waals surface area contributed by atoms with Gasteiger partial charge in [-0.25, -0.2) is 9.59 Å². The van der Waals surface area contributed by atoms with Crippen LogP contribution in [0, 0.1) is 17.8 Å². The molecule has 0 saturated carbocycles. The minimum absolute atomic E-state index is 0.221. The van der Waals surface area contributed by atoms with Crippen molar-refractivity contribution in [3.8, 4) is 0 Å². The third-order valence-corrected chi connectivity index (χ3v) is 7.26. The van der Waals surface area contributed by atoms with Gasteiger partial charge in [0.2, 0.25) is 0 Å². The van der Waals surface area contributed by atoms with Crippen molar-refractivity contribution in [1.82, 2.24) is 10.2 Å². The van der Waals surface area contributed by atoms with Gasteiger partial charge in [-0.3, -0.25) is 4.79 Å². The molecule has 0 bridgehead atoms. The minimum atomic E-state index is -1.15. The fourth-order valence-electron chi connectivity index (χ4n) is 3.91. The number of carbonyl (C=O) groups is 3. The second-order valence-electron chi connectivity index (χ2n) is 10.5. The van der Waals surface area contributed by atoms with Gasteiger partial charge in [0.15, 0.2) is 0 Å². The topological polar surface area (TPSA) is 107 Å². The Hall–Kier alpha value is -1.70. The normalized spacial score (nSPS) is 14.4. The number of rotatable bonds is 20. The molecule has 0 aliphatic heterocycles. The van der Waals surface area contributed by atoms with Gasteiger partial charge >= 0.3 is 18.0 Å². The van der Waals surface area contributed by atoms with Gasteiger partial charge in [0, 0.05) is 18.6 Å².